The second kappa shape index (κ2) is 6.08. The predicted octanol–water partition coefficient (Wildman–Crippen LogP) is 3.75. The van der Waals surface area contributed by atoms with Crippen LogP contribution in [0.5, 0.6) is 0 Å². The fraction of sp³-hybridized carbons (Fsp3) is 0.308. The van der Waals surface area contributed by atoms with Crippen LogP contribution in [0.3, 0.4) is 0 Å². The highest BCUT2D eigenvalue weighted by Gasteiger charge is 2.23. The zero-order chi connectivity index (χ0) is 15.8. The average Bonchev–Trinajstić information content (AvgIpc) is 2.71. The van der Waals surface area contributed by atoms with Gasteiger partial charge in [0.25, 0.3) is 0 Å². The molecule has 2 rings (SSSR count). The van der Waals surface area contributed by atoms with Gasteiger partial charge in [-0.25, -0.2) is 13.1 Å². The number of aromatic nitrogens is 1. The van der Waals surface area contributed by atoms with Gasteiger partial charge in [0.1, 0.15) is 5.76 Å². The Kier molecular flexibility index (Phi) is 4.77. The lowest BCUT2D eigenvalue weighted by atomic mass is 10.1. The minimum Gasteiger partial charge on any atom is -0.361 e. The predicted molar refractivity (Wildman–Crippen MR) is 83.9 cm³/mol. The molecule has 0 aliphatic heterocycles. The zero-order valence-corrected chi connectivity index (χ0v) is 14.8. The van der Waals surface area contributed by atoms with Crippen molar-refractivity contribution in [1.29, 1.82) is 0 Å². The van der Waals surface area contributed by atoms with Crippen LogP contribution >= 0.6 is 27.5 Å². The van der Waals surface area contributed by atoms with Gasteiger partial charge in [-0.1, -0.05) is 16.8 Å². The van der Waals surface area contributed by atoms with Gasteiger partial charge in [0.05, 0.1) is 15.6 Å². The summed E-state index contributed by atoms with van der Waals surface area (Å²) in [6.45, 7) is 5.27. The summed E-state index contributed by atoms with van der Waals surface area (Å²) in [4.78, 5) is 0.136. The lowest BCUT2D eigenvalue weighted by Crippen LogP contribution is -2.27. The summed E-state index contributed by atoms with van der Waals surface area (Å²) in [5.41, 5.74) is 1.41. The Morgan fingerprint density at radius 3 is 2.57 bits per heavy atom. The molecule has 8 heteroatoms. The number of benzene rings is 1. The molecule has 0 spiro atoms. The van der Waals surface area contributed by atoms with E-state index in [4.69, 9.17) is 16.1 Å². The van der Waals surface area contributed by atoms with Crippen molar-refractivity contribution in [2.45, 2.75) is 31.7 Å². The van der Waals surface area contributed by atoms with E-state index in [1.54, 1.807) is 20.8 Å². The molecule has 1 aromatic carbocycles. The van der Waals surface area contributed by atoms with Gasteiger partial charge in [-0.2, -0.15) is 0 Å². The Labute approximate surface area is 136 Å². The molecule has 0 bridgehead atoms. The van der Waals surface area contributed by atoms with Crippen molar-refractivity contribution in [1.82, 2.24) is 9.88 Å². The van der Waals surface area contributed by atoms with Crippen molar-refractivity contribution < 1.29 is 12.9 Å². The van der Waals surface area contributed by atoms with Crippen molar-refractivity contribution >= 4 is 37.6 Å². The summed E-state index contributed by atoms with van der Waals surface area (Å²) in [5, 5.41) is 4.28. The topological polar surface area (TPSA) is 72.2 Å². The third-order valence-electron chi connectivity index (χ3n) is 3.05. The van der Waals surface area contributed by atoms with E-state index >= 15 is 0 Å². The van der Waals surface area contributed by atoms with Crippen LogP contribution in [0.1, 0.15) is 30.0 Å². The standard InChI is InChI=1S/C13H14BrClN2O3S/c1-7-13(9(3)20-16-7)8(2)17-21(18,19)10-4-5-12(15)11(14)6-10/h4-6,8,17H,1-3H3. The number of hydrogen-bond acceptors (Lipinski definition) is 4. The monoisotopic (exact) mass is 392 g/mol. The molecule has 0 aliphatic carbocycles. The number of rotatable bonds is 4. The van der Waals surface area contributed by atoms with Gasteiger partial charge >= 0.3 is 0 Å². The molecule has 1 atom stereocenters. The molecular weight excluding hydrogens is 380 g/mol. The van der Waals surface area contributed by atoms with Crippen LogP contribution in [0.25, 0.3) is 0 Å². The smallest absolute Gasteiger partial charge is 0.241 e. The molecular formula is C13H14BrClN2O3S. The van der Waals surface area contributed by atoms with E-state index < -0.39 is 16.1 Å². The Bertz CT molecular complexity index is 754. The lowest BCUT2D eigenvalue weighted by Gasteiger charge is -2.14. The molecule has 1 aromatic heterocycles. The molecule has 1 heterocycles. The second-order valence-electron chi connectivity index (χ2n) is 4.66. The van der Waals surface area contributed by atoms with E-state index in [2.05, 4.69) is 25.8 Å². The van der Waals surface area contributed by atoms with Crippen molar-refractivity contribution in [3.8, 4) is 0 Å². The summed E-state index contributed by atoms with van der Waals surface area (Å²) in [6, 6.07) is 4.00. The summed E-state index contributed by atoms with van der Waals surface area (Å²) in [6.07, 6.45) is 0. The van der Waals surface area contributed by atoms with Gasteiger partial charge in [-0.05, 0) is 54.9 Å². The van der Waals surface area contributed by atoms with Gasteiger partial charge in [-0.3, -0.25) is 0 Å². The van der Waals surface area contributed by atoms with Gasteiger partial charge in [0.2, 0.25) is 10.0 Å². The number of hydrogen-bond donors (Lipinski definition) is 1. The van der Waals surface area contributed by atoms with E-state index in [0.717, 1.165) is 5.56 Å². The maximum atomic E-state index is 12.4. The number of nitrogens with one attached hydrogen (secondary N) is 1. The summed E-state index contributed by atoms with van der Waals surface area (Å²) < 4.78 is 33.0. The molecule has 0 saturated heterocycles. The van der Waals surface area contributed by atoms with E-state index in [1.807, 2.05) is 0 Å². The van der Waals surface area contributed by atoms with Crippen LogP contribution in [0.4, 0.5) is 0 Å². The lowest BCUT2D eigenvalue weighted by molar-refractivity contribution is 0.391. The van der Waals surface area contributed by atoms with Crippen LogP contribution < -0.4 is 4.72 Å². The Morgan fingerprint density at radius 1 is 1.38 bits per heavy atom. The number of nitrogens with zero attached hydrogens (tertiary/aromatic N) is 1. The highest BCUT2D eigenvalue weighted by molar-refractivity contribution is 9.10. The average molecular weight is 394 g/mol. The summed E-state index contributed by atoms with van der Waals surface area (Å²) >= 11 is 9.09. The fourth-order valence-electron chi connectivity index (χ4n) is 2.11. The first-order chi connectivity index (χ1) is 9.72. The molecule has 21 heavy (non-hydrogen) atoms. The maximum Gasteiger partial charge on any atom is 0.241 e. The summed E-state index contributed by atoms with van der Waals surface area (Å²) in [5.74, 6) is 0.597. The first kappa shape index (κ1) is 16.5. The van der Waals surface area contributed by atoms with Crippen molar-refractivity contribution in [2.24, 2.45) is 0 Å². The SMILES string of the molecule is Cc1noc(C)c1C(C)NS(=O)(=O)c1ccc(Cl)c(Br)c1. The highest BCUT2D eigenvalue weighted by Crippen LogP contribution is 2.27. The minimum atomic E-state index is -3.67. The maximum absolute atomic E-state index is 12.4. The molecule has 0 saturated carbocycles. The Balaban J connectivity index is 2.31. The van der Waals surface area contributed by atoms with Gasteiger partial charge in [0, 0.05) is 16.1 Å². The fourth-order valence-corrected chi connectivity index (χ4v) is 4.00. The summed E-state index contributed by atoms with van der Waals surface area (Å²) in [7, 11) is -3.67. The normalized spacial score (nSPS) is 13.4. The van der Waals surface area contributed by atoms with E-state index in [1.165, 1.54) is 18.2 Å². The van der Waals surface area contributed by atoms with Crippen molar-refractivity contribution in [3.05, 3.63) is 44.7 Å². The first-order valence-corrected chi connectivity index (χ1v) is 8.78. The van der Waals surface area contributed by atoms with Crippen LogP contribution in [0.15, 0.2) is 32.1 Å². The third kappa shape index (κ3) is 3.48. The van der Waals surface area contributed by atoms with Crippen LogP contribution in [0, 0.1) is 13.8 Å². The number of halogens is 2. The number of sulfonamides is 1. The van der Waals surface area contributed by atoms with Crippen molar-refractivity contribution in [2.75, 3.05) is 0 Å². The van der Waals surface area contributed by atoms with Crippen LogP contribution in [-0.4, -0.2) is 13.6 Å². The van der Waals surface area contributed by atoms with Crippen LogP contribution in [-0.2, 0) is 10.0 Å². The molecule has 114 valence electrons. The van der Waals surface area contributed by atoms with Crippen molar-refractivity contribution in [3.63, 3.8) is 0 Å². The quantitative estimate of drug-likeness (QED) is 0.858. The third-order valence-corrected chi connectivity index (χ3v) is 5.81. The second-order valence-corrected chi connectivity index (χ2v) is 7.63. The molecule has 5 nitrogen and oxygen atoms in total. The van der Waals surface area contributed by atoms with E-state index in [9.17, 15) is 8.42 Å². The molecule has 0 fully saturated rings. The molecule has 0 aliphatic rings. The minimum absolute atomic E-state index is 0.136. The highest BCUT2D eigenvalue weighted by atomic mass is 79.9. The van der Waals surface area contributed by atoms with Gasteiger partial charge < -0.3 is 4.52 Å². The molecule has 1 unspecified atom stereocenters. The molecule has 0 amide bonds. The van der Waals surface area contributed by atoms with Gasteiger partial charge in [-0.15, -0.1) is 0 Å². The first-order valence-electron chi connectivity index (χ1n) is 6.12. The number of aryl methyl sites for hydroxylation is 2. The largest absolute Gasteiger partial charge is 0.361 e. The zero-order valence-electron chi connectivity index (χ0n) is 11.6. The Morgan fingerprint density at radius 2 is 2.05 bits per heavy atom. The van der Waals surface area contributed by atoms with Crippen LogP contribution in [0.2, 0.25) is 5.02 Å². The molecule has 1 N–H and O–H groups in total. The van der Waals surface area contributed by atoms with Gasteiger partial charge in [0.15, 0.2) is 0 Å². The Hall–Kier alpha value is -0.890. The van der Waals surface area contributed by atoms with E-state index in [-0.39, 0.29) is 4.90 Å². The van der Waals surface area contributed by atoms with E-state index in [0.29, 0.717) is 20.9 Å². The molecule has 0 radical (unpaired) electrons. The molecule has 2 aromatic rings.